The number of amides is 2. The summed E-state index contributed by atoms with van der Waals surface area (Å²) in [4.78, 5) is 43.7. The number of likely N-dealkylation sites (tertiary alicyclic amines) is 2. The molecule has 0 aromatic carbocycles. The maximum absolute atomic E-state index is 13.2. The van der Waals surface area contributed by atoms with Gasteiger partial charge in [0.05, 0.1) is 13.1 Å². The van der Waals surface area contributed by atoms with E-state index in [-0.39, 0.29) is 93.7 Å². The second-order valence-corrected chi connectivity index (χ2v) is 9.41. The highest BCUT2D eigenvalue weighted by Crippen LogP contribution is 2.30. The lowest BCUT2D eigenvalue weighted by Crippen LogP contribution is -2.39. The minimum Gasteiger partial charge on any atom is -0.473 e. The van der Waals surface area contributed by atoms with Gasteiger partial charge in [0.25, 0.3) is 11.8 Å². The van der Waals surface area contributed by atoms with Crippen molar-refractivity contribution in [2.24, 2.45) is 9.98 Å². The van der Waals surface area contributed by atoms with Gasteiger partial charge in [-0.3, -0.25) is 19.6 Å². The molecule has 2 saturated heterocycles. The van der Waals surface area contributed by atoms with Crippen molar-refractivity contribution in [2.45, 2.75) is 64.3 Å². The second-order valence-electron chi connectivity index (χ2n) is 9.41. The molecule has 0 N–H and O–H groups in total. The number of aromatic nitrogens is 2. The number of carbonyl (C=O) groups is 2. The van der Waals surface area contributed by atoms with Crippen molar-refractivity contribution in [1.82, 2.24) is 19.8 Å². The van der Waals surface area contributed by atoms with Gasteiger partial charge in [-0.1, -0.05) is 14.9 Å². The zero-order valence-corrected chi connectivity index (χ0v) is 26.6. The molecule has 2 aromatic heterocycles. The largest absolute Gasteiger partial charge is 0.473 e. The van der Waals surface area contributed by atoms with E-state index in [0.717, 1.165) is 11.1 Å². The van der Waals surface area contributed by atoms with Gasteiger partial charge in [-0.25, -0.2) is 18.8 Å². The highest BCUT2D eigenvalue weighted by atomic mass is 32.1. The van der Waals surface area contributed by atoms with Crippen molar-refractivity contribution in [1.29, 1.82) is 0 Å². The standard InChI is InChI=1S/2C13H14FN3O2.2CH4.4H2S/c2*14-10-3-6-17(7-10)13(18)11-12(19-8-16-11)9-1-4-15-5-2-9;;;;;;/h2*1-2,4-5,8,10-12H,3,6-7H2;2*1H4;4*1H2/t10-,11+,12-;10-,11-,12+;;;;;;/m00....../s1. The molecule has 0 unspecified atom stereocenters. The zero-order chi connectivity index (χ0) is 26.5. The van der Waals surface area contributed by atoms with Crippen LogP contribution in [0.2, 0.25) is 0 Å². The van der Waals surface area contributed by atoms with E-state index in [1.54, 1.807) is 49.1 Å². The van der Waals surface area contributed by atoms with E-state index in [1.165, 1.54) is 22.6 Å². The molecule has 4 aliphatic rings. The molecule has 0 aliphatic carbocycles. The molecule has 0 spiro atoms. The second kappa shape index (κ2) is 20.5. The van der Waals surface area contributed by atoms with Gasteiger partial charge in [0, 0.05) is 37.9 Å². The first kappa shape index (κ1) is 43.6. The van der Waals surface area contributed by atoms with Gasteiger partial charge in [-0.05, 0) is 48.2 Å². The summed E-state index contributed by atoms with van der Waals surface area (Å²) in [7, 11) is 0. The van der Waals surface area contributed by atoms with Gasteiger partial charge in [-0.2, -0.15) is 54.0 Å². The Hall–Kier alpha value is -2.56. The van der Waals surface area contributed by atoms with Crippen LogP contribution in [0.25, 0.3) is 0 Å². The molecule has 248 valence electrons. The minimum absolute atomic E-state index is 0. The molecule has 6 atom stereocenters. The summed E-state index contributed by atoms with van der Waals surface area (Å²) in [5.41, 5.74) is 1.70. The van der Waals surface area contributed by atoms with Crippen LogP contribution in [-0.4, -0.2) is 95.0 Å². The van der Waals surface area contributed by atoms with Crippen LogP contribution in [-0.2, 0) is 19.1 Å². The molecule has 6 heterocycles. The van der Waals surface area contributed by atoms with Crippen LogP contribution < -0.4 is 0 Å². The first-order chi connectivity index (χ1) is 18.5. The number of hydrogen-bond acceptors (Lipinski definition) is 8. The Balaban J connectivity index is 0. The van der Waals surface area contributed by atoms with Crippen molar-refractivity contribution in [3.05, 3.63) is 60.2 Å². The van der Waals surface area contributed by atoms with Crippen molar-refractivity contribution in [3.8, 4) is 0 Å². The van der Waals surface area contributed by atoms with E-state index in [1.807, 2.05) is 0 Å². The fraction of sp³-hybridized carbons (Fsp3) is 0.500. The maximum Gasteiger partial charge on any atom is 0.251 e. The Kier molecular flexibility index (Phi) is 20.3. The van der Waals surface area contributed by atoms with E-state index in [2.05, 4.69) is 20.0 Å². The molecular weight excluding hydrogens is 651 g/mol. The molecule has 10 nitrogen and oxygen atoms in total. The molecule has 4 aliphatic heterocycles. The van der Waals surface area contributed by atoms with Crippen LogP contribution in [0.1, 0.15) is 51.0 Å². The molecule has 0 bridgehead atoms. The third kappa shape index (κ3) is 10.2. The number of aliphatic imine (C=N–C) groups is 2. The average Bonchev–Trinajstić information content (AvgIpc) is 3.77. The van der Waals surface area contributed by atoms with Crippen LogP contribution in [0, 0.1) is 0 Å². The molecular formula is C28H44F2N6O4S4. The summed E-state index contributed by atoms with van der Waals surface area (Å²) in [6.07, 6.45) is 7.28. The third-order valence-corrected chi connectivity index (χ3v) is 6.89. The maximum atomic E-state index is 13.2. The zero-order valence-electron chi connectivity index (χ0n) is 22.6. The number of pyridine rings is 2. The fourth-order valence-electron chi connectivity index (χ4n) is 4.86. The lowest BCUT2D eigenvalue weighted by molar-refractivity contribution is -0.134. The van der Waals surface area contributed by atoms with Crippen LogP contribution in [0.3, 0.4) is 0 Å². The number of nitrogens with zero attached hydrogens (tertiary/aromatic N) is 6. The van der Waals surface area contributed by atoms with Gasteiger partial charge in [0.2, 0.25) is 0 Å². The quantitative estimate of drug-likeness (QED) is 0.480. The predicted molar refractivity (Wildman–Crippen MR) is 188 cm³/mol. The number of rotatable bonds is 4. The SMILES string of the molecule is C.C.O=C([C@@H]1N=CO[C@H]1c1ccncc1)N1CC[C@H](F)C1.O=C([C@H]1N=CO[C@@H]1c1ccncc1)N1CC[C@H](F)C1.S.S.S.S. The Bertz CT molecular complexity index is 1100. The topological polar surface area (TPSA) is 110 Å². The molecule has 2 aromatic rings. The summed E-state index contributed by atoms with van der Waals surface area (Å²) < 4.78 is 37.1. The van der Waals surface area contributed by atoms with Crippen molar-refractivity contribution >= 4 is 78.6 Å². The molecule has 0 radical (unpaired) electrons. The van der Waals surface area contributed by atoms with Gasteiger partial charge in [-0.15, -0.1) is 0 Å². The van der Waals surface area contributed by atoms with Crippen LogP contribution in [0.4, 0.5) is 8.78 Å². The summed E-state index contributed by atoms with van der Waals surface area (Å²) >= 11 is 0. The summed E-state index contributed by atoms with van der Waals surface area (Å²) in [5, 5.41) is 0. The number of ether oxygens (including phenoxy) is 2. The summed E-state index contributed by atoms with van der Waals surface area (Å²) in [6.45, 7) is 1.23. The monoisotopic (exact) mass is 694 g/mol. The lowest BCUT2D eigenvalue weighted by Gasteiger charge is -2.22. The van der Waals surface area contributed by atoms with E-state index >= 15 is 0 Å². The van der Waals surface area contributed by atoms with Gasteiger partial charge < -0.3 is 19.3 Å². The molecule has 2 amide bonds. The molecule has 2 fully saturated rings. The first-order valence-electron chi connectivity index (χ1n) is 12.5. The van der Waals surface area contributed by atoms with Crippen LogP contribution >= 0.6 is 54.0 Å². The van der Waals surface area contributed by atoms with Gasteiger partial charge >= 0.3 is 0 Å². The highest BCUT2D eigenvalue weighted by Gasteiger charge is 2.40. The van der Waals surface area contributed by atoms with E-state index in [4.69, 9.17) is 9.47 Å². The molecule has 6 rings (SSSR count). The van der Waals surface area contributed by atoms with Crippen molar-refractivity contribution in [3.63, 3.8) is 0 Å². The van der Waals surface area contributed by atoms with Crippen LogP contribution in [0.15, 0.2) is 59.0 Å². The number of carbonyl (C=O) groups excluding carboxylic acids is 2. The number of hydrogen-bond donors (Lipinski definition) is 0. The van der Waals surface area contributed by atoms with E-state index in [9.17, 15) is 18.4 Å². The number of halogens is 2. The fourth-order valence-corrected chi connectivity index (χ4v) is 4.86. The third-order valence-electron chi connectivity index (χ3n) is 6.89. The highest BCUT2D eigenvalue weighted by molar-refractivity contribution is 7.59. The van der Waals surface area contributed by atoms with Gasteiger partial charge in [0.1, 0.15) is 12.3 Å². The predicted octanol–water partition coefficient (Wildman–Crippen LogP) is 3.96. The Labute approximate surface area is 285 Å². The van der Waals surface area contributed by atoms with Gasteiger partial charge in [0.15, 0.2) is 37.1 Å². The van der Waals surface area contributed by atoms with E-state index < -0.39 is 36.6 Å². The number of alkyl halides is 2. The first-order valence-corrected chi connectivity index (χ1v) is 12.5. The summed E-state index contributed by atoms with van der Waals surface area (Å²) in [6, 6.07) is 5.94. The Morgan fingerprint density at radius 1 is 0.659 bits per heavy atom. The molecule has 0 saturated carbocycles. The van der Waals surface area contributed by atoms with E-state index in [0.29, 0.717) is 25.9 Å². The normalized spacial score (nSPS) is 25.5. The molecule has 16 heteroatoms. The minimum atomic E-state index is -0.922. The van der Waals surface area contributed by atoms with Crippen molar-refractivity contribution < 1.29 is 27.8 Å². The van der Waals surface area contributed by atoms with Crippen molar-refractivity contribution in [2.75, 3.05) is 26.2 Å². The molecule has 44 heavy (non-hydrogen) atoms. The lowest BCUT2D eigenvalue weighted by atomic mass is 10.0. The Morgan fingerprint density at radius 3 is 1.30 bits per heavy atom. The van der Waals surface area contributed by atoms with Crippen LogP contribution in [0.5, 0.6) is 0 Å². The summed E-state index contributed by atoms with van der Waals surface area (Å²) in [5.74, 6) is -0.341. The Morgan fingerprint density at radius 2 is 1.00 bits per heavy atom. The average molecular weight is 695 g/mol. The smallest absolute Gasteiger partial charge is 0.251 e.